The fourth-order valence-electron chi connectivity index (χ4n) is 1.18. The average molecular weight is 180 g/mol. The number of aryl methyl sites for hydroxylation is 1. The highest BCUT2D eigenvalue weighted by atomic mass is 15.3. The summed E-state index contributed by atoms with van der Waals surface area (Å²) in [7, 11) is 1.89. The molecule has 0 aliphatic carbocycles. The fraction of sp³-hybridized carbons (Fsp3) is 0.556. The van der Waals surface area contributed by atoms with E-state index in [4.69, 9.17) is 5.73 Å². The van der Waals surface area contributed by atoms with Gasteiger partial charge in [0.2, 0.25) is 0 Å². The molecule has 0 spiro atoms. The molecule has 0 bridgehead atoms. The molecule has 0 radical (unpaired) electrons. The summed E-state index contributed by atoms with van der Waals surface area (Å²) in [5.74, 6) is 0.939. The summed E-state index contributed by atoms with van der Waals surface area (Å²) in [6, 6.07) is 0. The van der Waals surface area contributed by atoms with Crippen LogP contribution in [0.25, 0.3) is 0 Å². The van der Waals surface area contributed by atoms with Crippen molar-refractivity contribution in [2.24, 2.45) is 17.8 Å². The Balaban J connectivity index is 3.12. The first kappa shape index (κ1) is 9.77. The molecule has 0 aromatic carbocycles. The van der Waals surface area contributed by atoms with Gasteiger partial charge < -0.3 is 5.73 Å². The molecule has 0 unspecified atom stereocenters. The van der Waals surface area contributed by atoms with Gasteiger partial charge in [0.05, 0.1) is 17.7 Å². The molecule has 0 saturated carbocycles. The zero-order valence-corrected chi connectivity index (χ0v) is 8.57. The molecule has 4 heteroatoms. The van der Waals surface area contributed by atoms with E-state index >= 15 is 0 Å². The van der Waals surface area contributed by atoms with Crippen LogP contribution in [-0.2, 0) is 7.05 Å². The molecule has 1 aromatic heterocycles. The van der Waals surface area contributed by atoms with Crippen LogP contribution in [0.5, 0.6) is 0 Å². The minimum absolute atomic E-state index is 0.374. The van der Waals surface area contributed by atoms with E-state index in [0.717, 1.165) is 11.4 Å². The molecule has 0 amide bonds. The molecule has 0 fully saturated rings. The molecular weight excluding hydrogens is 164 g/mol. The van der Waals surface area contributed by atoms with Gasteiger partial charge in [-0.1, -0.05) is 13.8 Å². The highest BCUT2D eigenvalue weighted by Gasteiger charge is 2.10. The summed E-state index contributed by atoms with van der Waals surface area (Å²) >= 11 is 0. The van der Waals surface area contributed by atoms with Crippen molar-refractivity contribution >= 4 is 11.5 Å². The lowest BCUT2D eigenvalue weighted by Gasteiger charge is -2.00. The van der Waals surface area contributed by atoms with E-state index in [1.165, 1.54) is 0 Å². The van der Waals surface area contributed by atoms with Crippen molar-refractivity contribution in [3.8, 4) is 0 Å². The van der Waals surface area contributed by atoms with E-state index in [0.29, 0.717) is 11.8 Å². The van der Waals surface area contributed by atoms with Gasteiger partial charge in [-0.25, -0.2) is 4.99 Å². The van der Waals surface area contributed by atoms with E-state index < -0.39 is 0 Å². The third kappa shape index (κ3) is 2.31. The number of aliphatic imine (C=N–C) groups is 1. The van der Waals surface area contributed by atoms with Crippen LogP contribution in [0.15, 0.2) is 11.2 Å². The van der Waals surface area contributed by atoms with Crippen LogP contribution in [0.2, 0.25) is 0 Å². The van der Waals surface area contributed by atoms with E-state index in [-0.39, 0.29) is 0 Å². The van der Waals surface area contributed by atoms with Crippen molar-refractivity contribution < 1.29 is 0 Å². The van der Waals surface area contributed by atoms with Gasteiger partial charge in [0.25, 0.3) is 0 Å². The van der Waals surface area contributed by atoms with E-state index in [1.54, 1.807) is 11.6 Å². The van der Waals surface area contributed by atoms with E-state index in [2.05, 4.69) is 23.9 Å². The molecule has 1 aromatic rings. The minimum atomic E-state index is 0.374. The predicted molar refractivity (Wildman–Crippen MR) is 54.3 cm³/mol. The van der Waals surface area contributed by atoms with Crippen LogP contribution in [-0.4, -0.2) is 15.6 Å². The molecule has 72 valence electrons. The Labute approximate surface area is 78.5 Å². The average Bonchev–Trinajstić information content (AvgIpc) is 2.29. The first-order valence-electron chi connectivity index (χ1n) is 4.35. The molecule has 4 nitrogen and oxygen atoms in total. The van der Waals surface area contributed by atoms with Crippen molar-refractivity contribution in [1.82, 2.24) is 9.78 Å². The van der Waals surface area contributed by atoms with Crippen molar-refractivity contribution in [2.45, 2.75) is 26.7 Å². The van der Waals surface area contributed by atoms with Gasteiger partial charge in [-0.3, -0.25) is 4.68 Å². The molecular formula is C9H16N4. The summed E-state index contributed by atoms with van der Waals surface area (Å²) in [4.78, 5) is 4.21. The molecule has 0 aliphatic heterocycles. The smallest absolute Gasteiger partial charge is 0.106 e. The van der Waals surface area contributed by atoms with Gasteiger partial charge in [-0.2, -0.15) is 5.10 Å². The molecule has 1 rings (SSSR count). The van der Waals surface area contributed by atoms with Gasteiger partial charge in [0.15, 0.2) is 0 Å². The summed E-state index contributed by atoms with van der Waals surface area (Å²) in [6.45, 7) is 5.96. The second-order valence-corrected chi connectivity index (χ2v) is 3.48. The van der Waals surface area contributed by atoms with E-state index in [9.17, 15) is 0 Å². The van der Waals surface area contributed by atoms with Crippen molar-refractivity contribution in [3.63, 3.8) is 0 Å². The minimum Gasteiger partial charge on any atom is -0.387 e. The van der Waals surface area contributed by atoms with E-state index in [1.807, 2.05) is 13.2 Å². The van der Waals surface area contributed by atoms with Gasteiger partial charge in [0.1, 0.15) is 5.69 Å². The third-order valence-electron chi connectivity index (χ3n) is 1.68. The number of nitrogens with zero attached hydrogens (tertiary/aromatic N) is 3. The zero-order valence-electron chi connectivity index (χ0n) is 8.57. The number of nitrogens with two attached hydrogens (primary N) is 1. The Kier molecular flexibility index (Phi) is 2.70. The SMILES string of the molecule is CC(N)=Nc1cn(C)nc1C(C)C. The van der Waals surface area contributed by atoms with Crippen LogP contribution in [0.4, 0.5) is 5.69 Å². The molecule has 1 heterocycles. The number of hydrogen-bond acceptors (Lipinski definition) is 2. The van der Waals surface area contributed by atoms with Crippen LogP contribution < -0.4 is 5.73 Å². The molecule has 13 heavy (non-hydrogen) atoms. The number of rotatable bonds is 2. The lowest BCUT2D eigenvalue weighted by atomic mass is 10.1. The predicted octanol–water partition coefficient (Wildman–Crippen LogP) is 1.55. The Bertz CT molecular complexity index is 318. The Hall–Kier alpha value is -1.32. The monoisotopic (exact) mass is 180 g/mol. The Morgan fingerprint density at radius 3 is 2.69 bits per heavy atom. The normalized spacial score (nSPS) is 12.5. The van der Waals surface area contributed by atoms with Gasteiger partial charge in [-0.05, 0) is 12.8 Å². The zero-order chi connectivity index (χ0) is 10.0. The highest BCUT2D eigenvalue weighted by Crippen LogP contribution is 2.24. The molecule has 2 N–H and O–H groups in total. The van der Waals surface area contributed by atoms with Crippen LogP contribution >= 0.6 is 0 Å². The lowest BCUT2D eigenvalue weighted by Crippen LogP contribution is -2.04. The van der Waals surface area contributed by atoms with Gasteiger partial charge in [-0.15, -0.1) is 0 Å². The van der Waals surface area contributed by atoms with Gasteiger partial charge in [0, 0.05) is 7.05 Å². The second kappa shape index (κ2) is 3.60. The largest absolute Gasteiger partial charge is 0.387 e. The van der Waals surface area contributed by atoms with Gasteiger partial charge >= 0.3 is 0 Å². The third-order valence-corrected chi connectivity index (χ3v) is 1.68. The molecule has 0 saturated heterocycles. The Morgan fingerprint density at radius 2 is 2.23 bits per heavy atom. The summed E-state index contributed by atoms with van der Waals surface area (Å²) in [5.41, 5.74) is 7.38. The summed E-state index contributed by atoms with van der Waals surface area (Å²) in [6.07, 6.45) is 1.88. The number of aromatic nitrogens is 2. The van der Waals surface area contributed by atoms with Crippen LogP contribution in [0, 0.1) is 0 Å². The highest BCUT2D eigenvalue weighted by molar-refractivity contribution is 5.80. The lowest BCUT2D eigenvalue weighted by molar-refractivity contribution is 0.713. The summed E-state index contributed by atoms with van der Waals surface area (Å²) in [5, 5.41) is 4.32. The Morgan fingerprint density at radius 1 is 1.62 bits per heavy atom. The van der Waals surface area contributed by atoms with Crippen LogP contribution in [0.1, 0.15) is 32.4 Å². The number of amidine groups is 1. The summed E-state index contributed by atoms with van der Waals surface area (Å²) < 4.78 is 1.76. The first-order valence-corrected chi connectivity index (χ1v) is 4.35. The number of hydrogen-bond donors (Lipinski definition) is 1. The maximum Gasteiger partial charge on any atom is 0.106 e. The van der Waals surface area contributed by atoms with Crippen molar-refractivity contribution in [2.75, 3.05) is 0 Å². The second-order valence-electron chi connectivity index (χ2n) is 3.48. The fourth-order valence-corrected chi connectivity index (χ4v) is 1.18. The van der Waals surface area contributed by atoms with Crippen LogP contribution in [0.3, 0.4) is 0 Å². The standard InChI is InChI=1S/C9H16N4/c1-6(2)9-8(11-7(3)10)5-13(4)12-9/h5-6H,1-4H3,(H2,10,11). The van der Waals surface area contributed by atoms with Crippen molar-refractivity contribution in [3.05, 3.63) is 11.9 Å². The quantitative estimate of drug-likeness (QED) is 0.554. The van der Waals surface area contributed by atoms with Crippen molar-refractivity contribution in [1.29, 1.82) is 0 Å². The first-order chi connectivity index (χ1) is 6.00. The molecule has 0 atom stereocenters. The maximum absolute atomic E-state index is 5.52. The maximum atomic E-state index is 5.52. The molecule has 0 aliphatic rings. The topological polar surface area (TPSA) is 56.2 Å².